The van der Waals surface area contributed by atoms with Crippen LogP contribution in [-0.4, -0.2) is 73.1 Å². The molecule has 0 N–H and O–H groups in total. The van der Waals surface area contributed by atoms with Crippen LogP contribution in [0.1, 0.15) is 27.2 Å². The lowest BCUT2D eigenvalue weighted by Gasteiger charge is -2.48. The van der Waals surface area contributed by atoms with E-state index in [1.165, 1.54) is 58.8 Å². The molecule has 0 bridgehead atoms. The van der Waals surface area contributed by atoms with Gasteiger partial charge in [-0.25, -0.2) is 0 Å². The van der Waals surface area contributed by atoms with E-state index in [0.29, 0.717) is 0 Å². The number of nitrogens with zero attached hydrogens (tertiary/aromatic N) is 3. The van der Waals surface area contributed by atoms with Crippen molar-refractivity contribution in [1.29, 1.82) is 0 Å². The summed E-state index contributed by atoms with van der Waals surface area (Å²) in [6, 6.07) is 0.863. The lowest BCUT2D eigenvalue weighted by molar-refractivity contribution is 0.00716. The number of rotatable bonds is 5. The predicted octanol–water partition coefficient (Wildman–Crippen LogP) is 1.35. The summed E-state index contributed by atoms with van der Waals surface area (Å²) in [5.74, 6) is 0.845. The van der Waals surface area contributed by atoms with E-state index in [1.54, 1.807) is 0 Å². The maximum Gasteiger partial charge on any atom is 0.0351 e. The molecule has 2 rings (SSSR count). The first-order chi connectivity index (χ1) is 8.19. The van der Waals surface area contributed by atoms with Crippen LogP contribution < -0.4 is 0 Å². The van der Waals surface area contributed by atoms with Gasteiger partial charge in [0.1, 0.15) is 0 Å². The molecule has 0 amide bonds. The third kappa shape index (κ3) is 3.67. The van der Waals surface area contributed by atoms with Gasteiger partial charge >= 0.3 is 0 Å². The van der Waals surface area contributed by atoms with Crippen LogP contribution in [0.15, 0.2) is 0 Å². The van der Waals surface area contributed by atoms with Crippen LogP contribution in [-0.2, 0) is 0 Å². The van der Waals surface area contributed by atoms with Crippen LogP contribution in [0.3, 0.4) is 0 Å². The number of hydrogen-bond acceptors (Lipinski definition) is 3. The summed E-state index contributed by atoms with van der Waals surface area (Å²) in [7, 11) is 0. The van der Waals surface area contributed by atoms with Crippen molar-refractivity contribution in [2.75, 3.05) is 52.4 Å². The van der Waals surface area contributed by atoms with Gasteiger partial charge in [0.2, 0.25) is 0 Å². The van der Waals surface area contributed by atoms with Crippen molar-refractivity contribution in [3.05, 3.63) is 0 Å². The first-order valence-electron chi connectivity index (χ1n) is 7.37. The van der Waals surface area contributed by atoms with Gasteiger partial charge in [-0.3, -0.25) is 4.90 Å². The molecule has 0 aromatic rings. The van der Waals surface area contributed by atoms with Gasteiger partial charge in [-0.15, -0.1) is 0 Å². The molecule has 0 aromatic heterocycles. The Hall–Kier alpha value is -0.120. The van der Waals surface area contributed by atoms with Gasteiger partial charge < -0.3 is 9.80 Å². The Morgan fingerprint density at radius 2 is 1.65 bits per heavy atom. The van der Waals surface area contributed by atoms with Crippen LogP contribution in [0.2, 0.25) is 0 Å². The molecule has 3 nitrogen and oxygen atoms in total. The summed E-state index contributed by atoms with van der Waals surface area (Å²) in [6.07, 6.45) is 1.35. The molecular formula is C14H29N3. The van der Waals surface area contributed by atoms with Gasteiger partial charge in [0.05, 0.1) is 0 Å². The Kier molecular flexibility index (Phi) is 4.83. The van der Waals surface area contributed by atoms with Gasteiger partial charge in [0.15, 0.2) is 0 Å². The molecule has 2 aliphatic rings. The van der Waals surface area contributed by atoms with Gasteiger partial charge in [-0.2, -0.15) is 0 Å². The van der Waals surface area contributed by atoms with E-state index in [2.05, 4.69) is 35.5 Å². The molecule has 0 aromatic carbocycles. The molecule has 0 radical (unpaired) electrons. The smallest absolute Gasteiger partial charge is 0.0351 e. The van der Waals surface area contributed by atoms with Crippen molar-refractivity contribution < 1.29 is 0 Å². The minimum Gasteiger partial charge on any atom is -0.301 e. The summed E-state index contributed by atoms with van der Waals surface area (Å²) >= 11 is 0. The van der Waals surface area contributed by atoms with Crippen LogP contribution in [0.25, 0.3) is 0 Å². The van der Waals surface area contributed by atoms with Crippen molar-refractivity contribution in [2.24, 2.45) is 5.92 Å². The molecule has 0 unspecified atom stereocenters. The summed E-state index contributed by atoms with van der Waals surface area (Å²) in [6.45, 7) is 17.2. The number of likely N-dealkylation sites (tertiary alicyclic amines) is 1. The zero-order valence-electron chi connectivity index (χ0n) is 11.9. The van der Waals surface area contributed by atoms with Gasteiger partial charge in [-0.05, 0) is 25.4 Å². The van der Waals surface area contributed by atoms with Gasteiger partial charge in [-0.1, -0.05) is 20.8 Å². The third-order valence-corrected chi connectivity index (χ3v) is 4.33. The molecular weight excluding hydrogens is 210 g/mol. The molecule has 100 valence electrons. The molecule has 0 atom stereocenters. The highest BCUT2D eigenvalue weighted by Gasteiger charge is 2.32. The Balaban J connectivity index is 1.61. The third-order valence-electron chi connectivity index (χ3n) is 4.33. The van der Waals surface area contributed by atoms with Crippen LogP contribution >= 0.6 is 0 Å². The minimum absolute atomic E-state index is 0.845. The molecule has 0 saturated carbocycles. The highest BCUT2D eigenvalue weighted by molar-refractivity contribution is 4.89. The average Bonchev–Trinajstić information content (AvgIpc) is 2.26. The normalized spacial score (nSPS) is 25.4. The lowest BCUT2D eigenvalue weighted by Crippen LogP contribution is -2.62. The fraction of sp³-hybridized carbons (Fsp3) is 1.00. The van der Waals surface area contributed by atoms with E-state index in [9.17, 15) is 0 Å². The van der Waals surface area contributed by atoms with E-state index in [1.807, 2.05) is 0 Å². The lowest BCUT2D eigenvalue weighted by atomic mass is 10.1. The zero-order chi connectivity index (χ0) is 12.3. The second-order valence-electron chi connectivity index (χ2n) is 6.07. The maximum absolute atomic E-state index is 2.71. The van der Waals surface area contributed by atoms with E-state index in [4.69, 9.17) is 0 Å². The van der Waals surface area contributed by atoms with Crippen LogP contribution in [0, 0.1) is 5.92 Å². The first-order valence-corrected chi connectivity index (χ1v) is 7.37. The Bertz CT molecular complexity index is 216. The quantitative estimate of drug-likeness (QED) is 0.717. The molecule has 0 spiro atoms. The summed E-state index contributed by atoms with van der Waals surface area (Å²) in [4.78, 5) is 7.89. The largest absolute Gasteiger partial charge is 0.301 e. The fourth-order valence-electron chi connectivity index (χ4n) is 2.82. The second kappa shape index (κ2) is 6.17. The van der Waals surface area contributed by atoms with Gasteiger partial charge in [0, 0.05) is 45.3 Å². The second-order valence-corrected chi connectivity index (χ2v) is 6.07. The summed E-state index contributed by atoms with van der Waals surface area (Å²) in [5, 5.41) is 0. The van der Waals surface area contributed by atoms with Crippen molar-refractivity contribution in [1.82, 2.24) is 14.7 Å². The summed E-state index contributed by atoms with van der Waals surface area (Å²) in [5.41, 5.74) is 0. The van der Waals surface area contributed by atoms with Gasteiger partial charge in [0.25, 0.3) is 0 Å². The first kappa shape index (κ1) is 13.3. The SMILES string of the molecule is CCN1CC(N2CCN(CCC(C)C)CC2)C1. The van der Waals surface area contributed by atoms with Crippen LogP contribution in [0.5, 0.6) is 0 Å². The van der Waals surface area contributed by atoms with E-state index in [-0.39, 0.29) is 0 Å². The summed E-state index contributed by atoms with van der Waals surface area (Å²) < 4.78 is 0. The van der Waals surface area contributed by atoms with Crippen molar-refractivity contribution in [2.45, 2.75) is 33.2 Å². The molecule has 2 heterocycles. The maximum atomic E-state index is 2.71. The zero-order valence-corrected chi connectivity index (χ0v) is 11.9. The van der Waals surface area contributed by atoms with Crippen molar-refractivity contribution in [3.8, 4) is 0 Å². The van der Waals surface area contributed by atoms with Crippen molar-refractivity contribution >= 4 is 0 Å². The number of piperazine rings is 1. The highest BCUT2D eigenvalue weighted by Crippen LogP contribution is 2.16. The molecule has 17 heavy (non-hydrogen) atoms. The fourth-order valence-corrected chi connectivity index (χ4v) is 2.82. The Labute approximate surface area is 107 Å². The Morgan fingerprint density at radius 3 is 2.18 bits per heavy atom. The highest BCUT2D eigenvalue weighted by atomic mass is 15.3. The standard InChI is InChI=1S/C14H29N3/c1-4-15-11-14(12-15)17-9-7-16(8-10-17)6-5-13(2)3/h13-14H,4-12H2,1-3H3. The predicted molar refractivity (Wildman–Crippen MR) is 73.4 cm³/mol. The number of hydrogen-bond donors (Lipinski definition) is 0. The number of likely N-dealkylation sites (N-methyl/N-ethyl adjacent to an activating group) is 1. The minimum atomic E-state index is 0.845. The van der Waals surface area contributed by atoms with E-state index >= 15 is 0 Å². The van der Waals surface area contributed by atoms with Crippen LogP contribution in [0.4, 0.5) is 0 Å². The molecule has 2 saturated heterocycles. The molecule has 2 fully saturated rings. The molecule has 2 aliphatic heterocycles. The molecule has 0 aliphatic carbocycles. The van der Waals surface area contributed by atoms with Crippen molar-refractivity contribution in [3.63, 3.8) is 0 Å². The average molecular weight is 239 g/mol. The Morgan fingerprint density at radius 1 is 1.00 bits per heavy atom. The van der Waals surface area contributed by atoms with E-state index in [0.717, 1.165) is 12.0 Å². The van der Waals surface area contributed by atoms with E-state index < -0.39 is 0 Å². The molecule has 3 heteroatoms. The monoisotopic (exact) mass is 239 g/mol. The topological polar surface area (TPSA) is 9.72 Å².